The number of rotatable bonds is 3. The summed E-state index contributed by atoms with van der Waals surface area (Å²) in [6.45, 7) is 0. The number of hydrogen-bond donors (Lipinski definition) is 2. The molecule has 0 amide bonds. The molecule has 0 atom stereocenters. The molecule has 0 fully saturated rings. The predicted octanol–water partition coefficient (Wildman–Crippen LogP) is 3.24. The van der Waals surface area contributed by atoms with E-state index in [2.05, 4.69) is 17.5 Å². The van der Waals surface area contributed by atoms with Crippen LogP contribution in [-0.2, 0) is 0 Å². The standard InChI is InChI=1S/C12H12N2S/c13-12(14)7-3-4-9-8-15-11-6-2-1-5-10(9)11/h1-6,8H,7H2,(H3,13,14). The summed E-state index contributed by atoms with van der Waals surface area (Å²) in [5.74, 6) is 0.200. The van der Waals surface area contributed by atoms with Gasteiger partial charge in [0.1, 0.15) is 0 Å². The Bertz CT molecular complexity index is 511. The van der Waals surface area contributed by atoms with E-state index in [1.54, 1.807) is 11.3 Å². The SMILES string of the molecule is N=C(N)CC=Cc1csc2ccccc12. The molecule has 2 aromatic rings. The molecular weight excluding hydrogens is 204 g/mol. The third kappa shape index (κ3) is 2.25. The van der Waals surface area contributed by atoms with Crippen LogP contribution in [0.1, 0.15) is 12.0 Å². The zero-order chi connectivity index (χ0) is 10.7. The van der Waals surface area contributed by atoms with E-state index < -0.39 is 0 Å². The van der Waals surface area contributed by atoms with Crippen LogP contribution in [0.25, 0.3) is 16.2 Å². The first-order valence-electron chi connectivity index (χ1n) is 4.73. The fraction of sp³-hybridized carbons (Fsp3) is 0.0833. The Morgan fingerprint density at radius 2 is 2.20 bits per heavy atom. The van der Waals surface area contributed by atoms with Crippen molar-refractivity contribution in [1.82, 2.24) is 0 Å². The summed E-state index contributed by atoms with van der Waals surface area (Å²) < 4.78 is 1.29. The number of fused-ring (bicyclic) bond motifs is 1. The lowest BCUT2D eigenvalue weighted by Gasteiger charge is -1.91. The topological polar surface area (TPSA) is 49.9 Å². The van der Waals surface area contributed by atoms with Gasteiger partial charge in [-0.15, -0.1) is 11.3 Å². The fourth-order valence-electron chi connectivity index (χ4n) is 1.44. The minimum Gasteiger partial charge on any atom is -0.387 e. The van der Waals surface area contributed by atoms with Crippen LogP contribution in [0.15, 0.2) is 35.7 Å². The van der Waals surface area contributed by atoms with Gasteiger partial charge < -0.3 is 5.73 Å². The second-order valence-corrected chi connectivity index (χ2v) is 4.23. The molecule has 1 aromatic carbocycles. The molecule has 0 spiro atoms. The Balaban J connectivity index is 2.28. The zero-order valence-corrected chi connectivity index (χ0v) is 9.05. The molecular formula is C12H12N2S. The van der Waals surface area contributed by atoms with Gasteiger partial charge in [-0.05, 0) is 22.4 Å². The van der Waals surface area contributed by atoms with Gasteiger partial charge in [0, 0.05) is 11.1 Å². The predicted molar refractivity (Wildman–Crippen MR) is 67.4 cm³/mol. The van der Waals surface area contributed by atoms with Crippen LogP contribution in [0.4, 0.5) is 0 Å². The summed E-state index contributed by atoms with van der Waals surface area (Å²) in [6, 6.07) is 8.31. The number of hydrogen-bond acceptors (Lipinski definition) is 2. The van der Waals surface area contributed by atoms with Crippen LogP contribution in [-0.4, -0.2) is 5.84 Å². The van der Waals surface area contributed by atoms with Crippen LogP contribution in [0, 0.1) is 5.41 Å². The smallest absolute Gasteiger partial charge is 0.0943 e. The number of thiophene rings is 1. The molecule has 0 aliphatic carbocycles. The molecule has 15 heavy (non-hydrogen) atoms. The van der Waals surface area contributed by atoms with Crippen LogP contribution in [0.3, 0.4) is 0 Å². The lowest BCUT2D eigenvalue weighted by molar-refractivity contribution is 1.32. The van der Waals surface area contributed by atoms with Gasteiger partial charge in [-0.2, -0.15) is 0 Å². The highest BCUT2D eigenvalue weighted by atomic mass is 32.1. The van der Waals surface area contributed by atoms with Gasteiger partial charge in [-0.3, -0.25) is 5.41 Å². The monoisotopic (exact) mass is 216 g/mol. The Labute approximate surface area is 92.5 Å². The van der Waals surface area contributed by atoms with Crippen LogP contribution < -0.4 is 5.73 Å². The largest absolute Gasteiger partial charge is 0.387 e. The molecule has 0 saturated heterocycles. The minimum atomic E-state index is 0.200. The van der Waals surface area contributed by atoms with Crippen LogP contribution in [0.5, 0.6) is 0 Å². The summed E-state index contributed by atoms with van der Waals surface area (Å²) in [6.07, 6.45) is 4.47. The maximum Gasteiger partial charge on any atom is 0.0943 e. The third-order valence-corrected chi connectivity index (χ3v) is 3.13. The van der Waals surface area contributed by atoms with Gasteiger partial charge in [-0.25, -0.2) is 0 Å². The highest BCUT2D eigenvalue weighted by molar-refractivity contribution is 7.17. The quantitative estimate of drug-likeness (QED) is 0.600. The molecule has 1 heterocycles. The van der Waals surface area contributed by atoms with Gasteiger partial charge >= 0.3 is 0 Å². The third-order valence-electron chi connectivity index (χ3n) is 2.15. The molecule has 0 unspecified atom stereocenters. The molecule has 0 aliphatic rings. The highest BCUT2D eigenvalue weighted by Crippen LogP contribution is 2.26. The first-order valence-corrected chi connectivity index (χ1v) is 5.61. The second kappa shape index (κ2) is 4.28. The molecule has 0 radical (unpaired) electrons. The number of benzene rings is 1. The van der Waals surface area contributed by atoms with E-state index in [0.29, 0.717) is 6.42 Å². The number of nitrogens with one attached hydrogen (secondary N) is 1. The van der Waals surface area contributed by atoms with Crippen LogP contribution in [0.2, 0.25) is 0 Å². The van der Waals surface area contributed by atoms with Gasteiger partial charge in [-0.1, -0.05) is 30.4 Å². The normalized spacial score (nSPS) is 11.2. The highest BCUT2D eigenvalue weighted by Gasteiger charge is 1.98. The van der Waals surface area contributed by atoms with Crippen molar-refractivity contribution < 1.29 is 0 Å². The van der Waals surface area contributed by atoms with Gasteiger partial charge in [0.05, 0.1) is 5.84 Å². The van der Waals surface area contributed by atoms with Gasteiger partial charge in [0.25, 0.3) is 0 Å². The van der Waals surface area contributed by atoms with Crippen molar-refractivity contribution in [3.05, 3.63) is 41.3 Å². The fourth-order valence-corrected chi connectivity index (χ4v) is 2.37. The Morgan fingerprint density at radius 3 is 3.00 bits per heavy atom. The second-order valence-electron chi connectivity index (χ2n) is 3.32. The zero-order valence-electron chi connectivity index (χ0n) is 8.23. The van der Waals surface area contributed by atoms with Crippen molar-refractivity contribution in [3.63, 3.8) is 0 Å². The summed E-state index contributed by atoms with van der Waals surface area (Å²) >= 11 is 1.74. The molecule has 76 valence electrons. The molecule has 2 nitrogen and oxygen atoms in total. The molecule has 3 heteroatoms. The van der Waals surface area contributed by atoms with E-state index in [1.807, 2.05) is 24.3 Å². The lowest BCUT2D eigenvalue weighted by Crippen LogP contribution is -2.06. The summed E-state index contributed by atoms with van der Waals surface area (Å²) in [4.78, 5) is 0. The van der Waals surface area contributed by atoms with Gasteiger partial charge in [0.15, 0.2) is 0 Å². The summed E-state index contributed by atoms with van der Waals surface area (Å²) in [7, 11) is 0. The Morgan fingerprint density at radius 1 is 1.40 bits per heavy atom. The average Bonchev–Trinajstić information content (AvgIpc) is 2.62. The Kier molecular flexibility index (Phi) is 2.83. The number of nitrogens with two attached hydrogens (primary N) is 1. The molecule has 0 saturated carbocycles. The number of amidine groups is 1. The van der Waals surface area contributed by atoms with Crippen molar-refractivity contribution in [2.24, 2.45) is 5.73 Å². The minimum absolute atomic E-state index is 0.200. The maximum absolute atomic E-state index is 7.12. The summed E-state index contributed by atoms with van der Waals surface area (Å²) in [5, 5.41) is 10.5. The lowest BCUT2D eigenvalue weighted by atomic mass is 10.1. The Hall–Kier alpha value is -1.61. The van der Waals surface area contributed by atoms with Crippen molar-refractivity contribution in [2.75, 3.05) is 0 Å². The summed E-state index contributed by atoms with van der Waals surface area (Å²) in [5.41, 5.74) is 6.48. The molecule has 0 aliphatic heterocycles. The van der Waals surface area contributed by atoms with E-state index in [9.17, 15) is 0 Å². The molecule has 1 aromatic heterocycles. The first-order chi connectivity index (χ1) is 7.27. The first kappa shape index (κ1) is 9.93. The van der Waals surface area contributed by atoms with Crippen molar-refractivity contribution in [1.29, 1.82) is 5.41 Å². The van der Waals surface area contributed by atoms with E-state index in [-0.39, 0.29) is 5.84 Å². The van der Waals surface area contributed by atoms with Crippen molar-refractivity contribution >= 4 is 33.3 Å². The van der Waals surface area contributed by atoms with E-state index >= 15 is 0 Å². The van der Waals surface area contributed by atoms with Gasteiger partial charge in [0.2, 0.25) is 0 Å². The molecule has 3 N–H and O–H groups in total. The average molecular weight is 216 g/mol. The van der Waals surface area contributed by atoms with Crippen LogP contribution >= 0.6 is 11.3 Å². The van der Waals surface area contributed by atoms with E-state index in [0.717, 1.165) is 0 Å². The molecule has 2 rings (SSSR count). The van der Waals surface area contributed by atoms with Crippen molar-refractivity contribution in [3.8, 4) is 0 Å². The van der Waals surface area contributed by atoms with E-state index in [1.165, 1.54) is 15.6 Å². The van der Waals surface area contributed by atoms with Crippen molar-refractivity contribution in [2.45, 2.75) is 6.42 Å². The molecule has 0 bridgehead atoms. The van der Waals surface area contributed by atoms with E-state index in [4.69, 9.17) is 11.1 Å². The maximum atomic E-state index is 7.12.